The Labute approximate surface area is 168 Å². The summed E-state index contributed by atoms with van der Waals surface area (Å²) in [6.07, 6.45) is 3.00. The Bertz CT molecular complexity index is 737. The lowest BCUT2D eigenvalue weighted by molar-refractivity contribution is -0.892. The Kier molecular flexibility index (Phi) is 7.04. The van der Waals surface area contributed by atoms with Gasteiger partial charge in [-0.15, -0.1) is 0 Å². The molecule has 2 aromatic rings. The number of aromatic amines is 1. The van der Waals surface area contributed by atoms with Crippen LogP contribution < -0.4 is 20.1 Å². The maximum absolute atomic E-state index is 12.7. The number of piperazine rings is 1. The molecule has 0 unspecified atom stereocenters. The third kappa shape index (κ3) is 5.32. The van der Waals surface area contributed by atoms with Crippen LogP contribution in [0.4, 0.5) is 5.82 Å². The molecule has 3 N–H and O–H groups in total. The molecule has 2 heterocycles. The van der Waals surface area contributed by atoms with Gasteiger partial charge in [-0.2, -0.15) is 0 Å². The van der Waals surface area contributed by atoms with Crippen molar-refractivity contribution in [2.75, 3.05) is 37.6 Å². The summed E-state index contributed by atoms with van der Waals surface area (Å²) >= 11 is 0. The third-order valence-electron chi connectivity index (χ3n) is 5.64. The molecule has 1 aromatic carbocycles. The van der Waals surface area contributed by atoms with Crippen LogP contribution in [0.5, 0.6) is 0 Å². The molecule has 28 heavy (non-hydrogen) atoms. The molecular formula is C23H34N4O+2. The molecular weight excluding hydrogens is 348 g/mol. The predicted molar refractivity (Wildman–Crippen MR) is 112 cm³/mol. The van der Waals surface area contributed by atoms with Crippen molar-refractivity contribution < 1.29 is 14.7 Å². The van der Waals surface area contributed by atoms with Gasteiger partial charge in [-0.05, 0) is 29.5 Å². The number of rotatable bonds is 7. The maximum Gasteiger partial charge on any atom is 0.275 e. The van der Waals surface area contributed by atoms with E-state index in [-0.39, 0.29) is 11.9 Å². The van der Waals surface area contributed by atoms with Gasteiger partial charge in [0, 0.05) is 6.07 Å². The molecule has 0 bridgehead atoms. The summed E-state index contributed by atoms with van der Waals surface area (Å²) in [6.45, 7) is 10.9. The Morgan fingerprint density at radius 1 is 1.14 bits per heavy atom. The van der Waals surface area contributed by atoms with E-state index in [1.54, 1.807) is 0 Å². The first-order valence-corrected chi connectivity index (χ1v) is 10.5. The lowest BCUT2D eigenvalue weighted by atomic mass is 9.95. The Morgan fingerprint density at radius 2 is 1.86 bits per heavy atom. The molecule has 1 saturated heterocycles. The number of aromatic nitrogens is 1. The van der Waals surface area contributed by atoms with Crippen LogP contribution in [0.25, 0.3) is 0 Å². The smallest absolute Gasteiger partial charge is 0.275 e. The molecule has 1 aliphatic heterocycles. The highest BCUT2D eigenvalue weighted by Gasteiger charge is 2.28. The van der Waals surface area contributed by atoms with Gasteiger partial charge in [0.25, 0.3) is 11.7 Å². The molecule has 0 spiro atoms. The van der Waals surface area contributed by atoms with Gasteiger partial charge >= 0.3 is 0 Å². The van der Waals surface area contributed by atoms with Gasteiger partial charge in [0.2, 0.25) is 0 Å². The van der Waals surface area contributed by atoms with Gasteiger partial charge in [-0.1, -0.05) is 51.1 Å². The monoisotopic (exact) mass is 382 g/mol. The lowest BCUT2D eigenvalue weighted by Crippen LogP contribution is -3.16. The number of nitrogens with zero attached hydrogens (tertiary/aromatic N) is 1. The average molecular weight is 383 g/mol. The van der Waals surface area contributed by atoms with E-state index >= 15 is 0 Å². The van der Waals surface area contributed by atoms with Gasteiger partial charge < -0.3 is 10.2 Å². The number of anilines is 1. The molecule has 5 heteroatoms. The minimum atomic E-state index is 0.0676. The fourth-order valence-corrected chi connectivity index (χ4v) is 3.87. The molecule has 0 radical (unpaired) electrons. The number of amides is 1. The van der Waals surface area contributed by atoms with Crippen LogP contribution in [0, 0.1) is 5.92 Å². The van der Waals surface area contributed by atoms with Gasteiger partial charge in [0.1, 0.15) is 26.2 Å². The van der Waals surface area contributed by atoms with E-state index in [0.29, 0.717) is 12.5 Å². The molecule has 3 rings (SSSR count). The van der Waals surface area contributed by atoms with Crippen molar-refractivity contribution in [1.29, 1.82) is 0 Å². The van der Waals surface area contributed by atoms with Crippen LogP contribution in [0.15, 0.2) is 48.7 Å². The zero-order valence-corrected chi connectivity index (χ0v) is 17.4. The number of pyridine rings is 1. The number of carbonyl (C=O) groups is 1. The highest BCUT2D eigenvalue weighted by molar-refractivity contribution is 5.77. The molecule has 1 atom stereocenters. The second kappa shape index (κ2) is 9.69. The summed E-state index contributed by atoms with van der Waals surface area (Å²) in [5, 5.41) is 3.28. The number of carbonyl (C=O) groups excluding carboxylic acids is 1. The summed E-state index contributed by atoms with van der Waals surface area (Å²) in [4.78, 5) is 19.7. The first-order chi connectivity index (χ1) is 13.6. The van der Waals surface area contributed by atoms with Crippen LogP contribution in [-0.2, 0) is 11.2 Å². The minimum Gasteiger partial charge on any atom is -0.344 e. The Morgan fingerprint density at radius 3 is 2.43 bits per heavy atom. The largest absolute Gasteiger partial charge is 0.344 e. The van der Waals surface area contributed by atoms with Crippen LogP contribution in [0.2, 0.25) is 0 Å². The van der Waals surface area contributed by atoms with Crippen molar-refractivity contribution in [3.8, 4) is 0 Å². The topological polar surface area (TPSA) is 50.9 Å². The normalized spacial score (nSPS) is 16.2. The Balaban J connectivity index is 1.52. The van der Waals surface area contributed by atoms with E-state index in [2.05, 4.69) is 72.4 Å². The highest BCUT2D eigenvalue weighted by atomic mass is 16.2. The van der Waals surface area contributed by atoms with Gasteiger partial charge in [-0.25, -0.2) is 4.98 Å². The molecule has 1 aromatic heterocycles. The number of benzene rings is 1. The second-order valence-corrected chi connectivity index (χ2v) is 8.05. The minimum absolute atomic E-state index is 0.0676. The van der Waals surface area contributed by atoms with Gasteiger partial charge in [-0.3, -0.25) is 9.69 Å². The summed E-state index contributed by atoms with van der Waals surface area (Å²) < 4.78 is 0. The SMILES string of the molecule is CCc1ccc([C@H](NC(=O)C[NH+]2CCN(c3cccc[nH+]3)CC2)C(C)C)cc1. The van der Waals surface area contributed by atoms with Gasteiger partial charge in [0.05, 0.1) is 12.2 Å². The van der Waals surface area contributed by atoms with Gasteiger partial charge in [0.15, 0.2) is 6.54 Å². The summed E-state index contributed by atoms with van der Waals surface area (Å²) in [5.74, 6) is 1.66. The number of hydrogen-bond acceptors (Lipinski definition) is 2. The van der Waals surface area contributed by atoms with E-state index in [0.717, 1.165) is 38.4 Å². The number of nitrogens with one attached hydrogen (secondary N) is 3. The van der Waals surface area contributed by atoms with Crippen LogP contribution in [-0.4, -0.2) is 38.6 Å². The number of H-pyrrole nitrogens is 1. The molecule has 1 fully saturated rings. The number of quaternary nitrogens is 1. The standard InChI is InChI=1S/C23H32N4O/c1-4-19-8-10-20(11-9-19)23(18(2)3)25-22(28)17-26-13-15-27(16-14-26)21-7-5-6-12-24-21/h5-12,18,23H,4,13-17H2,1-3H3,(H,25,28)/p+2/t23-/m1/s1. The van der Waals surface area contributed by atoms with Crippen LogP contribution in [0.3, 0.4) is 0 Å². The van der Waals surface area contributed by atoms with Crippen molar-refractivity contribution in [3.05, 3.63) is 59.8 Å². The van der Waals surface area contributed by atoms with Crippen molar-refractivity contribution in [2.45, 2.75) is 33.2 Å². The fourth-order valence-electron chi connectivity index (χ4n) is 3.87. The Hall–Kier alpha value is -2.40. The zero-order chi connectivity index (χ0) is 19.9. The molecule has 1 aliphatic rings. The maximum atomic E-state index is 12.7. The summed E-state index contributed by atoms with van der Waals surface area (Å²) in [7, 11) is 0. The van der Waals surface area contributed by atoms with Crippen molar-refractivity contribution in [3.63, 3.8) is 0 Å². The molecule has 150 valence electrons. The number of aryl methyl sites for hydroxylation is 1. The van der Waals surface area contributed by atoms with E-state index in [9.17, 15) is 4.79 Å². The quantitative estimate of drug-likeness (QED) is 0.758. The highest BCUT2D eigenvalue weighted by Crippen LogP contribution is 2.22. The van der Waals surface area contributed by atoms with E-state index in [4.69, 9.17) is 0 Å². The van der Waals surface area contributed by atoms with E-state index in [1.807, 2.05) is 12.3 Å². The average Bonchev–Trinajstić information content (AvgIpc) is 2.73. The number of hydrogen-bond donors (Lipinski definition) is 2. The summed E-state index contributed by atoms with van der Waals surface area (Å²) in [5.41, 5.74) is 2.52. The zero-order valence-electron chi connectivity index (χ0n) is 17.4. The first-order valence-electron chi connectivity index (χ1n) is 10.5. The first kappa shape index (κ1) is 20.3. The van der Waals surface area contributed by atoms with Crippen molar-refractivity contribution in [2.24, 2.45) is 5.92 Å². The van der Waals surface area contributed by atoms with Crippen molar-refractivity contribution >= 4 is 11.7 Å². The van der Waals surface area contributed by atoms with Crippen LogP contribution >= 0.6 is 0 Å². The second-order valence-electron chi connectivity index (χ2n) is 8.05. The predicted octanol–water partition coefficient (Wildman–Crippen LogP) is 1.28. The van der Waals surface area contributed by atoms with Crippen molar-refractivity contribution in [1.82, 2.24) is 5.32 Å². The van der Waals surface area contributed by atoms with E-state index < -0.39 is 0 Å². The molecule has 5 nitrogen and oxygen atoms in total. The third-order valence-corrected chi connectivity index (χ3v) is 5.64. The van der Waals surface area contributed by atoms with E-state index in [1.165, 1.54) is 16.0 Å². The summed E-state index contributed by atoms with van der Waals surface area (Å²) in [6, 6.07) is 14.9. The lowest BCUT2D eigenvalue weighted by Gasteiger charge is -2.29. The molecule has 0 saturated carbocycles. The van der Waals surface area contributed by atoms with Crippen LogP contribution in [0.1, 0.15) is 37.9 Å². The fraction of sp³-hybridized carbons (Fsp3) is 0.478. The molecule has 0 aliphatic carbocycles. The molecule has 1 amide bonds.